The number of hydrogen-bond acceptors (Lipinski definition) is 6. The van der Waals surface area contributed by atoms with Crippen LogP contribution in [-0.2, 0) is 26.5 Å². The third kappa shape index (κ3) is 5.27. The van der Waals surface area contributed by atoms with E-state index in [0.29, 0.717) is 17.9 Å². The van der Waals surface area contributed by atoms with Crippen molar-refractivity contribution in [3.8, 4) is 0 Å². The SMILES string of the molecule is Cc1ccc(S(=O)(=O)O)cc1.O=S(=O)(c1cnn(CC2CC3(CNC3)C2)c1)C(F)(F)F. The third-order valence-corrected chi connectivity index (χ3v) is 7.74. The molecule has 1 saturated carbocycles. The number of nitrogens with one attached hydrogen (secondary N) is 1. The molecule has 8 nitrogen and oxygen atoms in total. The van der Waals surface area contributed by atoms with Gasteiger partial charge < -0.3 is 5.32 Å². The van der Waals surface area contributed by atoms with Gasteiger partial charge in [0.15, 0.2) is 0 Å². The first-order valence-electron chi connectivity index (χ1n) is 9.31. The number of alkyl halides is 3. The monoisotopic (exact) mass is 481 g/mol. The summed E-state index contributed by atoms with van der Waals surface area (Å²) in [5.41, 5.74) is -3.95. The van der Waals surface area contributed by atoms with Crippen LogP contribution >= 0.6 is 0 Å². The molecule has 2 heterocycles. The Morgan fingerprint density at radius 2 is 1.71 bits per heavy atom. The number of aryl methyl sites for hydroxylation is 1. The van der Waals surface area contributed by atoms with Crippen molar-refractivity contribution in [3.05, 3.63) is 42.2 Å². The van der Waals surface area contributed by atoms with Crippen molar-refractivity contribution in [3.63, 3.8) is 0 Å². The fourth-order valence-electron chi connectivity index (χ4n) is 3.75. The standard InChI is InChI=1S/C11H14F3N3O2S.C7H8O3S/c12-11(13,14)20(18,19)9-3-16-17(5-9)4-8-1-10(2-8)6-15-7-10;1-6-2-4-7(5-3-6)11(8,9)10/h3,5,8,15H,1-2,4,6-7H2;2-5H,1H3,(H,8,9,10). The zero-order chi connectivity index (χ0) is 23.1. The van der Waals surface area contributed by atoms with Gasteiger partial charge in [-0.05, 0) is 43.2 Å². The van der Waals surface area contributed by atoms with E-state index in [-0.39, 0.29) is 4.90 Å². The summed E-state index contributed by atoms with van der Waals surface area (Å²) in [7, 11) is -9.31. The summed E-state index contributed by atoms with van der Waals surface area (Å²) in [5, 5.41) is 6.93. The Bertz CT molecular complexity index is 1130. The van der Waals surface area contributed by atoms with Gasteiger partial charge in [0.1, 0.15) is 4.90 Å². The zero-order valence-corrected chi connectivity index (χ0v) is 18.1. The van der Waals surface area contributed by atoms with Gasteiger partial charge in [0.2, 0.25) is 0 Å². The van der Waals surface area contributed by atoms with Crippen LogP contribution in [0.4, 0.5) is 13.2 Å². The van der Waals surface area contributed by atoms with Crippen molar-refractivity contribution in [1.29, 1.82) is 0 Å². The molecule has 1 spiro atoms. The van der Waals surface area contributed by atoms with Gasteiger partial charge in [-0.15, -0.1) is 0 Å². The Labute approximate surface area is 178 Å². The fraction of sp³-hybridized carbons (Fsp3) is 0.500. The average molecular weight is 482 g/mol. The van der Waals surface area contributed by atoms with Crippen molar-refractivity contribution in [2.24, 2.45) is 11.3 Å². The van der Waals surface area contributed by atoms with Gasteiger partial charge in [0, 0.05) is 25.8 Å². The van der Waals surface area contributed by atoms with Gasteiger partial charge in [-0.2, -0.15) is 26.7 Å². The first-order chi connectivity index (χ1) is 14.2. The third-order valence-electron chi connectivity index (χ3n) is 5.43. The van der Waals surface area contributed by atoms with Crippen molar-refractivity contribution in [2.75, 3.05) is 13.1 Å². The van der Waals surface area contributed by atoms with Crippen LogP contribution < -0.4 is 5.32 Å². The van der Waals surface area contributed by atoms with Crippen LogP contribution in [0.15, 0.2) is 46.5 Å². The second kappa shape index (κ2) is 8.19. The second-order valence-corrected chi connectivity index (χ2v) is 11.4. The molecule has 0 radical (unpaired) electrons. The first kappa shape index (κ1) is 23.7. The lowest BCUT2D eigenvalue weighted by Crippen LogP contribution is -2.60. The minimum absolute atomic E-state index is 0.0666. The van der Waals surface area contributed by atoms with Crippen LogP contribution in [0, 0.1) is 18.3 Å². The number of rotatable bonds is 4. The molecule has 2 aliphatic rings. The van der Waals surface area contributed by atoms with Crippen LogP contribution in [0.2, 0.25) is 0 Å². The number of benzene rings is 1. The molecule has 0 amide bonds. The summed E-state index contributed by atoms with van der Waals surface area (Å²) in [6, 6.07) is 5.99. The maximum atomic E-state index is 12.4. The summed E-state index contributed by atoms with van der Waals surface area (Å²) in [4.78, 5) is -0.854. The maximum absolute atomic E-state index is 12.4. The van der Waals surface area contributed by atoms with Gasteiger partial charge in [-0.25, -0.2) is 8.42 Å². The Balaban J connectivity index is 0.000000210. The molecular weight excluding hydrogens is 459 g/mol. The molecule has 2 N–H and O–H groups in total. The Morgan fingerprint density at radius 3 is 2.16 bits per heavy atom. The Morgan fingerprint density at radius 1 is 1.13 bits per heavy atom. The molecule has 1 aliphatic carbocycles. The summed E-state index contributed by atoms with van der Waals surface area (Å²) in [5.74, 6) is 0.360. The van der Waals surface area contributed by atoms with Crippen LogP contribution in [0.3, 0.4) is 0 Å². The summed E-state index contributed by atoms with van der Waals surface area (Å²) < 4.78 is 90.4. The van der Waals surface area contributed by atoms with E-state index in [9.17, 15) is 30.0 Å². The molecule has 1 aliphatic heterocycles. The van der Waals surface area contributed by atoms with E-state index in [1.807, 2.05) is 6.92 Å². The highest BCUT2D eigenvalue weighted by atomic mass is 32.2. The van der Waals surface area contributed by atoms with Gasteiger partial charge in [-0.3, -0.25) is 9.23 Å². The maximum Gasteiger partial charge on any atom is 0.502 e. The lowest BCUT2D eigenvalue weighted by molar-refractivity contribution is -0.0436. The van der Waals surface area contributed by atoms with E-state index < -0.39 is 30.4 Å². The molecule has 1 saturated heterocycles. The van der Waals surface area contributed by atoms with Crippen LogP contribution in [0.5, 0.6) is 0 Å². The molecule has 0 atom stereocenters. The van der Waals surface area contributed by atoms with E-state index in [1.54, 1.807) is 12.1 Å². The van der Waals surface area contributed by atoms with Gasteiger partial charge in [0.25, 0.3) is 20.0 Å². The fourth-order valence-corrected chi connectivity index (χ4v) is 4.95. The number of halogens is 3. The van der Waals surface area contributed by atoms with Crippen LogP contribution in [0.1, 0.15) is 18.4 Å². The second-order valence-electron chi connectivity index (χ2n) is 8.01. The number of hydrogen-bond donors (Lipinski definition) is 2. The molecule has 0 bridgehead atoms. The highest BCUT2D eigenvalue weighted by Crippen LogP contribution is 2.48. The van der Waals surface area contributed by atoms with E-state index in [4.69, 9.17) is 4.55 Å². The van der Waals surface area contributed by atoms with E-state index in [1.165, 1.54) is 16.8 Å². The van der Waals surface area contributed by atoms with Crippen molar-refractivity contribution >= 4 is 20.0 Å². The molecule has 4 rings (SSSR count). The highest BCUT2D eigenvalue weighted by molar-refractivity contribution is 7.92. The molecule has 1 aromatic heterocycles. The summed E-state index contributed by atoms with van der Waals surface area (Å²) in [6.07, 6.45) is 3.76. The van der Waals surface area contributed by atoms with Crippen LogP contribution in [0.25, 0.3) is 0 Å². The van der Waals surface area contributed by atoms with Gasteiger partial charge in [0.05, 0.1) is 11.1 Å². The summed E-state index contributed by atoms with van der Waals surface area (Å²) in [6.45, 7) is 4.30. The highest BCUT2D eigenvalue weighted by Gasteiger charge is 2.49. The smallest absolute Gasteiger partial charge is 0.316 e. The average Bonchev–Trinajstić information content (AvgIpc) is 3.04. The zero-order valence-electron chi connectivity index (χ0n) is 16.5. The Kier molecular flexibility index (Phi) is 6.26. The number of nitrogens with zero attached hydrogens (tertiary/aromatic N) is 2. The van der Waals surface area contributed by atoms with E-state index >= 15 is 0 Å². The summed E-state index contributed by atoms with van der Waals surface area (Å²) >= 11 is 0. The molecular formula is C18H22F3N3O5S2. The van der Waals surface area contributed by atoms with Gasteiger partial charge in [-0.1, -0.05) is 17.7 Å². The molecule has 2 aromatic rings. The number of aromatic nitrogens is 2. The van der Waals surface area contributed by atoms with Crippen molar-refractivity contribution in [1.82, 2.24) is 15.1 Å². The van der Waals surface area contributed by atoms with Gasteiger partial charge >= 0.3 is 5.51 Å². The predicted octanol–water partition coefficient (Wildman–Crippen LogP) is 2.42. The van der Waals surface area contributed by atoms with Crippen molar-refractivity contribution in [2.45, 2.75) is 41.6 Å². The molecule has 13 heteroatoms. The predicted molar refractivity (Wildman–Crippen MR) is 104 cm³/mol. The number of sulfone groups is 1. The van der Waals surface area contributed by atoms with E-state index in [0.717, 1.165) is 43.9 Å². The molecule has 31 heavy (non-hydrogen) atoms. The first-order valence-corrected chi connectivity index (χ1v) is 12.2. The van der Waals surface area contributed by atoms with Crippen LogP contribution in [-0.4, -0.2) is 49.8 Å². The molecule has 0 unspecified atom stereocenters. The Hall–Kier alpha value is -1.96. The normalized spacial score (nSPS) is 18.6. The molecule has 1 aromatic carbocycles. The van der Waals surface area contributed by atoms with E-state index in [2.05, 4.69) is 10.4 Å². The largest absolute Gasteiger partial charge is 0.502 e. The lowest BCUT2D eigenvalue weighted by Gasteiger charge is -2.54. The lowest BCUT2D eigenvalue weighted by atomic mass is 9.58. The molecule has 172 valence electrons. The molecule has 2 fully saturated rings. The quantitative estimate of drug-likeness (QED) is 0.644. The minimum atomic E-state index is -5.29. The van der Waals surface area contributed by atoms with Crippen molar-refractivity contribution < 1.29 is 34.6 Å². The topological polar surface area (TPSA) is 118 Å². The minimum Gasteiger partial charge on any atom is -0.316 e.